The van der Waals surface area contributed by atoms with Gasteiger partial charge in [0.25, 0.3) is 0 Å². The van der Waals surface area contributed by atoms with Crippen molar-refractivity contribution in [1.82, 2.24) is 10.2 Å². The Morgan fingerprint density at radius 2 is 1.75 bits per heavy atom. The average molecular weight is 482 g/mol. The summed E-state index contributed by atoms with van der Waals surface area (Å²) in [6.45, 7) is 12.7. The fourth-order valence-electron chi connectivity index (χ4n) is 4.82. The lowest BCUT2D eigenvalue weighted by atomic mass is 10.1. The lowest BCUT2D eigenvalue weighted by Crippen LogP contribution is -2.51. The van der Waals surface area contributed by atoms with Crippen molar-refractivity contribution in [3.8, 4) is 0 Å². The van der Waals surface area contributed by atoms with E-state index in [1.54, 1.807) is 7.11 Å². The van der Waals surface area contributed by atoms with Gasteiger partial charge in [-0.25, -0.2) is 0 Å². The largest absolute Gasteiger partial charge is 0.380 e. The Morgan fingerprint density at radius 1 is 0.969 bits per heavy atom. The van der Waals surface area contributed by atoms with E-state index < -0.39 is 0 Å². The number of hydrogen-bond acceptors (Lipinski definition) is 5. The molecule has 0 amide bonds. The first-order chi connectivity index (χ1) is 14.7. The van der Waals surface area contributed by atoms with Crippen molar-refractivity contribution in [1.29, 1.82) is 0 Å². The van der Waals surface area contributed by atoms with Gasteiger partial charge in [-0.1, -0.05) is 30.3 Å². The lowest BCUT2D eigenvalue weighted by Gasteiger charge is -2.42. The molecule has 32 heavy (non-hydrogen) atoms. The maximum absolute atomic E-state index is 5.59. The van der Waals surface area contributed by atoms with Crippen LogP contribution in [0.2, 0.25) is 0 Å². The van der Waals surface area contributed by atoms with E-state index in [1.807, 2.05) is 0 Å². The number of piperazine rings is 2. The average Bonchev–Trinajstić information content (AvgIpc) is 2.76. The number of benzene rings is 2. The predicted octanol–water partition coefficient (Wildman–Crippen LogP) is 4.19. The van der Waals surface area contributed by atoms with Crippen LogP contribution in [0.25, 0.3) is 0 Å². The number of nitrogens with zero attached hydrogens (tertiary/aromatic N) is 3. The van der Waals surface area contributed by atoms with Crippen LogP contribution in [0.4, 0.5) is 11.4 Å². The number of ether oxygens (including phenoxy) is 1. The minimum Gasteiger partial charge on any atom is -0.380 e. The molecule has 0 spiro atoms. The molecule has 2 atom stereocenters. The Kier molecular flexibility index (Phi) is 10.6. The van der Waals surface area contributed by atoms with Gasteiger partial charge in [0, 0.05) is 81.9 Å². The van der Waals surface area contributed by atoms with E-state index in [2.05, 4.69) is 82.4 Å². The zero-order chi connectivity index (χ0) is 20.9. The zero-order valence-corrected chi connectivity index (χ0v) is 21.1. The molecule has 1 N–H and O–H groups in total. The van der Waals surface area contributed by atoms with Crippen LogP contribution in [0.3, 0.4) is 0 Å². The van der Waals surface area contributed by atoms with Gasteiger partial charge in [0.2, 0.25) is 0 Å². The van der Waals surface area contributed by atoms with Crippen molar-refractivity contribution >= 4 is 36.2 Å². The number of rotatable bonds is 6. The molecule has 0 unspecified atom stereocenters. The van der Waals surface area contributed by atoms with Crippen molar-refractivity contribution < 1.29 is 4.74 Å². The Hall–Kier alpha value is -1.50. The first-order valence-corrected chi connectivity index (χ1v) is 11.3. The summed E-state index contributed by atoms with van der Waals surface area (Å²) in [5.41, 5.74) is 5.34. The van der Waals surface area contributed by atoms with Crippen molar-refractivity contribution in [3.63, 3.8) is 0 Å². The highest BCUT2D eigenvalue weighted by Gasteiger charge is 2.26. The number of hydrogen-bond donors (Lipinski definition) is 1. The van der Waals surface area contributed by atoms with Crippen molar-refractivity contribution in [3.05, 3.63) is 59.7 Å². The van der Waals surface area contributed by atoms with Crippen LogP contribution in [0.1, 0.15) is 25.0 Å². The Morgan fingerprint density at radius 3 is 2.44 bits per heavy atom. The Labute approximate surface area is 205 Å². The maximum atomic E-state index is 5.59. The molecular weight excluding hydrogens is 443 g/mol. The summed E-state index contributed by atoms with van der Waals surface area (Å²) in [6.07, 6.45) is 0. The summed E-state index contributed by atoms with van der Waals surface area (Å²) in [4.78, 5) is 7.66. The van der Waals surface area contributed by atoms with E-state index in [0.717, 1.165) is 45.8 Å². The molecule has 2 aromatic carbocycles. The minimum absolute atomic E-state index is 0. The quantitative estimate of drug-likeness (QED) is 0.669. The van der Waals surface area contributed by atoms with Gasteiger partial charge in [-0.05, 0) is 37.6 Å². The minimum atomic E-state index is 0. The second-order valence-corrected chi connectivity index (χ2v) is 8.74. The second kappa shape index (κ2) is 12.7. The monoisotopic (exact) mass is 480 g/mol. The normalized spacial score (nSPS) is 21.6. The highest BCUT2D eigenvalue weighted by atomic mass is 35.5. The molecule has 2 aliphatic rings. The summed E-state index contributed by atoms with van der Waals surface area (Å²) < 4.78 is 5.59. The van der Waals surface area contributed by atoms with Crippen molar-refractivity contribution in [2.75, 3.05) is 56.2 Å². The van der Waals surface area contributed by atoms with Gasteiger partial charge in [-0.2, -0.15) is 0 Å². The number of nitrogens with one attached hydrogen (secondary N) is 1. The van der Waals surface area contributed by atoms with Crippen LogP contribution in [0.5, 0.6) is 0 Å². The fourth-order valence-corrected chi connectivity index (χ4v) is 4.82. The Bertz CT molecular complexity index is 823. The van der Waals surface area contributed by atoms with Crippen molar-refractivity contribution in [2.24, 2.45) is 0 Å². The third-order valence-electron chi connectivity index (χ3n) is 6.53. The third-order valence-corrected chi connectivity index (χ3v) is 6.53. The molecule has 2 fully saturated rings. The van der Waals surface area contributed by atoms with Crippen LogP contribution in [-0.2, 0) is 17.9 Å². The van der Waals surface area contributed by atoms with E-state index in [-0.39, 0.29) is 24.8 Å². The molecule has 7 heteroatoms. The summed E-state index contributed by atoms with van der Waals surface area (Å²) in [7, 11) is 1.80. The topological polar surface area (TPSA) is 31.0 Å². The van der Waals surface area contributed by atoms with E-state index >= 15 is 0 Å². The first kappa shape index (κ1) is 26.7. The summed E-state index contributed by atoms with van der Waals surface area (Å²) in [5.74, 6) is 0. The predicted molar refractivity (Wildman–Crippen MR) is 140 cm³/mol. The van der Waals surface area contributed by atoms with Crippen molar-refractivity contribution in [2.45, 2.75) is 39.1 Å². The second-order valence-electron chi connectivity index (χ2n) is 8.74. The molecule has 0 saturated carbocycles. The molecule has 0 aliphatic carbocycles. The van der Waals surface area contributed by atoms with E-state index in [9.17, 15) is 0 Å². The Balaban J connectivity index is 0.00000181. The summed E-state index contributed by atoms with van der Waals surface area (Å²) >= 11 is 0. The number of methoxy groups -OCH3 is 1. The molecule has 0 radical (unpaired) electrons. The third kappa shape index (κ3) is 6.30. The molecule has 5 nitrogen and oxygen atoms in total. The van der Waals surface area contributed by atoms with Gasteiger partial charge in [0.15, 0.2) is 0 Å². The highest BCUT2D eigenvalue weighted by Crippen LogP contribution is 2.30. The van der Waals surface area contributed by atoms with E-state index in [0.29, 0.717) is 18.7 Å². The van der Waals surface area contributed by atoms with Gasteiger partial charge >= 0.3 is 0 Å². The number of anilines is 2. The molecule has 2 saturated heterocycles. The summed E-state index contributed by atoms with van der Waals surface area (Å²) in [6, 6.07) is 18.8. The zero-order valence-electron chi connectivity index (χ0n) is 19.5. The van der Waals surface area contributed by atoms with Crippen LogP contribution >= 0.6 is 24.8 Å². The van der Waals surface area contributed by atoms with E-state index in [1.165, 1.54) is 22.5 Å². The molecule has 0 aromatic heterocycles. The van der Waals surface area contributed by atoms with Gasteiger partial charge in [0.05, 0.1) is 6.61 Å². The molecule has 4 rings (SSSR count). The van der Waals surface area contributed by atoms with Crippen LogP contribution in [0, 0.1) is 0 Å². The smallest absolute Gasteiger partial charge is 0.0734 e. The summed E-state index contributed by atoms with van der Waals surface area (Å²) in [5, 5.41) is 3.48. The maximum Gasteiger partial charge on any atom is 0.0734 e. The SMILES string of the molecule is COCc1cc(N2CCNC[C@H]2C)ccc1N1CCN(Cc2ccccc2)[C@@H](C)C1.Cl.Cl. The molecule has 2 aromatic rings. The lowest BCUT2D eigenvalue weighted by molar-refractivity contribution is 0.177. The standard InChI is InChI=1S/C25H36N4O.2ClH/c1-20-16-26-11-12-29(20)24-9-10-25(23(15-24)19-30-3)28-14-13-27(21(2)17-28)18-22-7-5-4-6-8-22;;/h4-10,15,20-21,26H,11-14,16-19H2,1-3H3;2*1H/t20-,21+;;/m1../s1. The van der Waals surface area contributed by atoms with E-state index in [4.69, 9.17) is 4.74 Å². The van der Waals surface area contributed by atoms with Crippen LogP contribution in [0.15, 0.2) is 48.5 Å². The molecule has 0 bridgehead atoms. The molecule has 178 valence electrons. The molecule has 2 heterocycles. The van der Waals surface area contributed by atoms with Gasteiger partial charge < -0.3 is 19.9 Å². The van der Waals surface area contributed by atoms with Gasteiger partial charge in [0.1, 0.15) is 0 Å². The van der Waals surface area contributed by atoms with Crippen LogP contribution in [-0.4, -0.2) is 63.4 Å². The highest BCUT2D eigenvalue weighted by molar-refractivity contribution is 5.85. The van der Waals surface area contributed by atoms with Gasteiger partial charge in [-0.3, -0.25) is 4.90 Å². The molecule has 2 aliphatic heterocycles. The fraction of sp³-hybridized carbons (Fsp3) is 0.520. The van der Waals surface area contributed by atoms with Gasteiger partial charge in [-0.15, -0.1) is 24.8 Å². The number of halogens is 2. The molecular formula is C25H38Cl2N4O. The first-order valence-electron chi connectivity index (χ1n) is 11.3. The van der Waals surface area contributed by atoms with Crippen LogP contribution < -0.4 is 15.1 Å².